The molecule has 0 N–H and O–H groups in total. The number of carbonyl (C=O) groups excluding carboxylic acids is 1. The molecule has 7 rings (SSSR count). The van der Waals surface area contributed by atoms with E-state index in [0.29, 0.717) is 60.7 Å². The zero-order valence-corrected chi connectivity index (χ0v) is 27.2. The number of nitrogens with zero attached hydrogens (tertiary/aromatic N) is 5. The van der Waals surface area contributed by atoms with E-state index in [1.54, 1.807) is 30.6 Å². The Morgan fingerprint density at radius 3 is 2.57 bits per heavy atom. The lowest BCUT2D eigenvalue weighted by Gasteiger charge is -2.54. The van der Waals surface area contributed by atoms with E-state index in [0.717, 1.165) is 16.5 Å². The van der Waals surface area contributed by atoms with E-state index >= 15 is 4.79 Å². The summed E-state index contributed by atoms with van der Waals surface area (Å²) in [6, 6.07) is 15.3. The molecule has 4 aliphatic rings. The first-order valence-corrected chi connectivity index (χ1v) is 17.0. The van der Waals surface area contributed by atoms with Crippen LogP contribution in [-0.4, -0.2) is 70.7 Å². The van der Waals surface area contributed by atoms with Crippen LogP contribution in [0.15, 0.2) is 89.3 Å². The second-order valence-corrected chi connectivity index (χ2v) is 13.7. The lowest BCUT2D eigenvalue weighted by Crippen LogP contribution is -2.68. The van der Waals surface area contributed by atoms with Crippen molar-refractivity contribution in [2.45, 2.75) is 36.2 Å². The van der Waals surface area contributed by atoms with Crippen LogP contribution in [0.25, 0.3) is 0 Å². The number of fused-ring (bicyclic) bond motifs is 2. The highest BCUT2D eigenvalue weighted by Crippen LogP contribution is 2.57. The maximum atomic E-state index is 15.5. The summed E-state index contributed by atoms with van der Waals surface area (Å²) in [4.78, 5) is 23.9. The van der Waals surface area contributed by atoms with Crippen LogP contribution in [0.2, 0.25) is 0 Å². The van der Waals surface area contributed by atoms with E-state index < -0.39 is 21.5 Å². The van der Waals surface area contributed by atoms with Crippen LogP contribution in [0.1, 0.15) is 30.9 Å². The largest absolute Gasteiger partial charge is 0.497 e. The topological polar surface area (TPSA) is 125 Å². The monoisotopic (exact) mass is 653 g/mol. The van der Waals surface area contributed by atoms with Gasteiger partial charge in [0.15, 0.2) is 5.54 Å². The van der Waals surface area contributed by atoms with Crippen molar-refractivity contribution in [3.05, 3.63) is 95.5 Å². The van der Waals surface area contributed by atoms with Gasteiger partial charge in [0, 0.05) is 66.9 Å². The molecule has 3 aliphatic heterocycles. The smallest absolute Gasteiger partial charge is 0.274 e. The van der Waals surface area contributed by atoms with Gasteiger partial charge in [-0.2, -0.15) is 5.26 Å². The molecule has 3 aromatic rings. The van der Waals surface area contributed by atoms with Gasteiger partial charge >= 0.3 is 0 Å². The van der Waals surface area contributed by atoms with Crippen LogP contribution in [0.4, 0.5) is 11.4 Å². The number of aromatic nitrogens is 1. The first-order chi connectivity index (χ1) is 22.8. The summed E-state index contributed by atoms with van der Waals surface area (Å²) in [6.45, 7) is 4.24. The highest BCUT2D eigenvalue weighted by Gasteiger charge is 2.66. The molecule has 0 bridgehead atoms. The molecule has 0 radical (unpaired) electrons. The van der Waals surface area contributed by atoms with Crippen molar-refractivity contribution in [2.24, 2.45) is 5.92 Å². The molecule has 1 unspecified atom stereocenters. The summed E-state index contributed by atoms with van der Waals surface area (Å²) in [5.41, 5.74) is 1.20. The number of likely N-dealkylation sites (tertiary alicyclic amines) is 1. The fourth-order valence-electron chi connectivity index (χ4n) is 7.59. The summed E-state index contributed by atoms with van der Waals surface area (Å²) in [6.07, 6.45) is 8.54. The van der Waals surface area contributed by atoms with E-state index in [-0.39, 0.29) is 28.3 Å². The summed E-state index contributed by atoms with van der Waals surface area (Å²) in [7, 11) is -1.67. The number of rotatable bonds is 9. The second kappa shape index (κ2) is 11.7. The highest BCUT2D eigenvalue weighted by atomic mass is 32.2. The Balaban J connectivity index is 1.45. The Morgan fingerprint density at radius 2 is 1.85 bits per heavy atom. The summed E-state index contributed by atoms with van der Waals surface area (Å²) in [5.74, 6) is 0.637. The third-order valence-electron chi connectivity index (χ3n) is 9.68. The molecule has 47 heavy (non-hydrogen) atoms. The first kappa shape index (κ1) is 30.8. The van der Waals surface area contributed by atoms with Crippen LogP contribution in [0, 0.1) is 17.2 Å². The Kier molecular flexibility index (Phi) is 7.69. The number of allylic oxidation sites excluding steroid dienone is 2. The minimum absolute atomic E-state index is 0.0486. The Labute approximate surface area is 274 Å². The number of carbonyl (C=O) groups is 1. The quantitative estimate of drug-likeness (QED) is 0.329. The van der Waals surface area contributed by atoms with Gasteiger partial charge in [-0.15, -0.1) is 0 Å². The van der Waals surface area contributed by atoms with Gasteiger partial charge in [-0.3, -0.25) is 14.7 Å². The average molecular weight is 654 g/mol. The van der Waals surface area contributed by atoms with Gasteiger partial charge in [-0.1, -0.05) is 6.08 Å². The fraction of sp³-hybridized carbons (Fsp3) is 0.343. The number of nitriles is 1. The van der Waals surface area contributed by atoms with Crippen molar-refractivity contribution in [3.63, 3.8) is 0 Å². The lowest BCUT2D eigenvalue weighted by atomic mass is 9.72. The third kappa shape index (κ3) is 4.59. The van der Waals surface area contributed by atoms with Gasteiger partial charge < -0.3 is 19.1 Å². The fourth-order valence-corrected chi connectivity index (χ4v) is 9.19. The van der Waals surface area contributed by atoms with Crippen molar-refractivity contribution < 1.29 is 27.4 Å². The summed E-state index contributed by atoms with van der Waals surface area (Å²) < 4.78 is 47.4. The Bertz CT molecular complexity index is 1960. The molecular weight excluding hydrogens is 618 g/mol. The maximum absolute atomic E-state index is 15.5. The molecule has 1 amide bonds. The van der Waals surface area contributed by atoms with Gasteiger partial charge in [0.05, 0.1) is 38.1 Å². The zero-order valence-electron chi connectivity index (χ0n) is 26.4. The minimum Gasteiger partial charge on any atom is -0.497 e. The molecule has 3 atom stereocenters. The van der Waals surface area contributed by atoms with Crippen LogP contribution < -0.4 is 18.7 Å². The Hall–Kier alpha value is -4.86. The summed E-state index contributed by atoms with van der Waals surface area (Å²) in [5, 5.41) is 10.0. The predicted molar refractivity (Wildman–Crippen MR) is 175 cm³/mol. The predicted octanol–water partition coefficient (Wildman–Crippen LogP) is 4.36. The number of benzene rings is 2. The number of hydrogen-bond acceptors (Lipinski definition) is 10. The number of sulfonamides is 1. The van der Waals surface area contributed by atoms with Gasteiger partial charge in [-0.25, -0.2) is 12.7 Å². The molecule has 12 heteroatoms. The van der Waals surface area contributed by atoms with Crippen LogP contribution in [0.5, 0.6) is 11.5 Å². The number of amides is 1. The molecule has 0 saturated carbocycles. The van der Waals surface area contributed by atoms with Gasteiger partial charge in [0.1, 0.15) is 22.2 Å². The maximum Gasteiger partial charge on any atom is 0.274 e. The molecule has 4 heterocycles. The van der Waals surface area contributed by atoms with E-state index in [4.69, 9.17) is 14.2 Å². The molecule has 2 aromatic carbocycles. The Morgan fingerprint density at radius 1 is 1.04 bits per heavy atom. The number of pyridine rings is 1. The molecule has 2 fully saturated rings. The van der Waals surface area contributed by atoms with Crippen LogP contribution in [0.3, 0.4) is 0 Å². The average Bonchev–Trinajstić information content (AvgIpc) is 3.56. The molecule has 1 aliphatic carbocycles. The van der Waals surface area contributed by atoms with Crippen molar-refractivity contribution in [1.82, 2.24) is 9.88 Å². The summed E-state index contributed by atoms with van der Waals surface area (Å²) >= 11 is 0. The van der Waals surface area contributed by atoms with Crippen molar-refractivity contribution >= 4 is 27.3 Å². The van der Waals surface area contributed by atoms with E-state index in [2.05, 4.69) is 20.9 Å². The highest BCUT2D eigenvalue weighted by molar-refractivity contribution is 7.93. The normalized spacial score (nSPS) is 23.7. The van der Waals surface area contributed by atoms with Crippen molar-refractivity contribution in [1.29, 1.82) is 5.26 Å². The number of hydrogen-bond donors (Lipinski definition) is 0. The van der Waals surface area contributed by atoms with E-state index in [9.17, 15) is 13.7 Å². The molecular formula is C35H35N5O6S. The van der Waals surface area contributed by atoms with E-state index in [1.807, 2.05) is 31.2 Å². The standard InChI is InChI=1S/C35H35N5O6S/c1-4-46-31-8-6-5-7-27(31)35(39-21-24-20-38(22-30(24)39)25-13-15-37-16-14-25)28-17-23(19-36)9-11-29(28)40(34(35)41)47(42,43)33-12-10-26(44-2)18-32(33)45-3/h6,8-18,24,30H,4-5,7,20-22H2,1-3H3/t24-,30?,35+/m1/s1. The van der Waals surface area contributed by atoms with Gasteiger partial charge in [0.25, 0.3) is 15.9 Å². The van der Waals surface area contributed by atoms with Crippen molar-refractivity contribution in [2.75, 3.05) is 49.7 Å². The molecule has 0 spiro atoms. The lowest BCUT2D eigenvalue weighted by molar-refractivity contribution is -0.135. The molecule has 11 nitrogen and oxygen atoms in total. The van der Waals surface area contributed by atoms with Crippen LogP contribution in [-0.2, 0) is 25.1 Å². The van der Waals surface area contributed by atoms with Gasteiger partial charge in [-0.05, 0) is 68.3 Å². The number of methoxy groups -OCH3 is 2. The third-order valence-corrected chi connectivity index (χ3v) is 11.4. The number of anilines is 2. The number of ether oxygens (including phenoxy) is 3. The van der Waals surface area contributed by atoms with Gasteiger partial charge in [0.2, 0.25) is 0 Å². The SMILES string of the molecule is CCOC1=C([C@@]2(N3C[C@H]4CN(c5ccncc5)CC43)C(=O)N(S(=O)(=O)c3ccc(OC)cc3OC)c3ccc(C#N)cc32)CCC=C1. The van der Waals surface area contributed by atoms with Crippen LogP contribution >= 0.6 is 0 Å². The van der Waals surface area contributed by atoms with Crippen molar-refractivity contribution in [3.8, 4) is 17.6 Å². The first-order valence-electron chi connectivity index (χ1n) is 15.6. The zero-order chi connectivity index (χ0) is 32.9. The molecule has 1 aromatic heterocycles. The molecule has 242 valence electrons. The van der Waals surface area contributed by atoms with E-state index in [1.165, 1.54) is 32.4 Å². The molecule has 2 saturated heterocycles. The second-order valence-electron chi connectivity index (χ2n) is 12.0. The minimum atomic E-state index is -4.53.